The second-order valence-electron chi connectivity index (χ2n) is 13.9. The molecule has 0 aromatic heterocycles. The summed E-state index contributed by atoms with van der Waals surface area (Å²) in [7, 11) is 0. The van der Waals surface area contributed by atoms with Crippen LogP contribution < -0.4 is 30.7 Å². The number of thiocarbonyl (C=S) groups is 1. The highest BCUT2D eigenvalue weighted by atomic mass is 79.9. The van der Waals surface area contributed by atoms with Crippen LogP contribution >= 0.6 is 44.1 Å². The van der Waals surface area contributed by atoms with Gasteiger partial charge in [-0.1, -0.05) is 58.5 Å². The summed E-state index contributed by atoms with van der Waals surface area (Å²) in [5.41, 5.74) is -0.855. The van der Waals surface area contributed by atoms with Crippen molar-refractivity contribution < 1.29 is 23.9 Å². The second kappa shape index (κ2) is 11.5. The average Bonchev–Trinajstić information content (AvgIpc) is 3.75. The van der Waals surface area contributed by atoms with Gasteiger partial charge in [-0.3, -0.25) is 14.9 Å². The fourth-order valence-corrected chi connectivity index (χ4v) is 9.74. The summed E-state index contributed by atoms with van der Waals surface area (Å²) in [6.07, 6.45) is 9.51. The topological polar surface area (TPSA) is 118 Å². The lowest BCUT2D eigenvalue weighted by Gasteiger charge is -2.44. The first-order valence-corrected chi connectivity index (χ1v) is 18.2. The van der Waals surface area contributed by atoms with E-state index in [-0.39, 0.29) is 23.0 Å². The van der Waals surface area contributed by atoms with Crippen LogP contribution in [0, 0.1) is 11.8 Å². The molecule has 244 valence electrons. The Hall–Kier alpha value is -2.70. The highest BCUT2D eigenvalue weighted by molar-refractivity contribution is 9.10. The first-order valence-electron chi connectivity index (χ1n) is 16.2. The molecule has 0 radical (unpaired) electrons. The molecule has 4 amide bonds. The van der Waals surface area contributed by atoms with E-state index in [0.717, 1.165) is 77.2 Å². The van der Waals surface area contributed by atoms with Crippen LogP contribution in [-0.2, 0) is 20.7 Å². The molecule has 6 atom stereocenters. The molecule has 0 bridgehead atoms. The van der Waals surface area contributed by atoms with E-state index in [9.17, 15) is 14.4 Å². The van der Waals surface area contributed by atoms with E-state index in [4.69, 9.17) is 21.7 Å². The Morgan fingerprint density at radius 2 is 1.24 bits per heavy atom. The number of halogens is 2. The fourth-order valence-electron chi connectivity index (χ4n) is 8.75. The number of benzene rings is 2. The average molecular weight is 775 g/mol. The zero-order valence-electron chi connectivity index (χ0n) is 25.9. The van der Waals surface area contributed by atoms with Crippen molar-refractivity contribution in [2.75, 3.05) is 0 Å². The van der Waals surface area contributed by atoms with Gasteiger partial charge in [-0.05, 0) is 99.0 Å². The number of nitrogens with one attached hydrogen (secondary N) is 4. The van der Waals surface area contributed by atoms with E-state index in [1.165, 1.54) is 0 Å². The number of fused-ring (bicyclic) bond motifs is 4. The minimum Gasteiger partial charge on any atom is -0.487 e. The predicted octanol–water partition coefficient (Wildman–Crippen LogP) is 6.60. The molecule has 9 nitrogen and oxygen atoms in total. The molecular formula is C34H38Br2N4O5S. The third-order valence-electron chi connectivity index (χ3n) is 11.0. The maximum Gasteiger partial charge on any atom is 0.322 e. The van der Waals surface area contributed by atoms with Crippen LogP contribution in [0.15, 0.2) is 45.3 Å². The van der Waals surface area contributed by atoms with E-state index in [2.05, 4.69) is 67.0 Å². The van der Waals surface area contributed by atoms with Gasteiger partial charge in [0.15, 0.2) is 16.2 Å². The number of hydrogen-bond donors (Lipinski definition) is 4. The van der Waals surface area contributed by atoms with Gasteiger partial charge in [0.05, 0.1) is 0 Å². The van der Waals surface area contributed by atoms with Crippen molar-refractivity contribution in [3.05, 3.63) is 56.5 Å². The molecule has 2 saturated heterocycles. The molecule has 4 spiro atoms. The van der Waals surface area contributed by atoms with Gasteiger partial charge in [0.2, 0.25) is 0 Å². The van der Waals surface area contributed by atoms with E-state index in [0.29, 0.717) is 35.5 Å². The quantitative estimate of drug-likeness (QED) is 0.201. The highest BCUT2D eigenvalue weighted by Crippen LogP contribution is 2.54. The van der Waals surface area contributed by atoms with E-state index >= 15 is 0 Å². The van der Waals surface area contributed by atoms with E-state index in [1.807, 2.05) is 36.4 Å². The third kappa shape index (κ3) is 5.23. The highest BCUT2D eigenvalue weighted by Gasteiger charge is 2.60. The van der Waals surface area contributed by atoms with Crippen molar-refractivity contribution in [3.63, 3.8) is 0 Å². The fraction of sp³-hybridized carbons (Fsp3) is 0.529. The second-order valence-corrected chi connectivity index (χ2v) is 16.1. The molecule has 2 saturated carbocycles. The number of rotatable bonds is 2. The third-order valence-corrected chi connectivity index (χ3v) is 12.2. The lowest BCUT2D eigenvalue weighted by molar-refractivity contribution is -0.128. The van der Waals surface area contributed by atoms with E-state index < -0.39 is 17.1 Å². The van der Waals surface area contributed by atoms with Crippen molar-refractivity contribution in [3.8, 4) is 11.5 Å². The Labute approximate surface area is 290 Å². The van der Waals surface area contributed by atoms with Gasteiger partial charge in [-0.25, -0.2) is 4.79 Å². The molecule has 4 fully saturated rings. The molecule has 6 aliphatic rings. The molecule has 2 aromatic rings. The number of ether oxygens (including phenoxy) is 2. The molecule has 4 N–H and O–H groups in total. The van der Waals surface area contributed by atoms with Gasteiger partial charge in [0.25, 0.3) is 11.8 Å². The number of hydrogen-bond acceptors (Lipinski definition) is 6. The van der Waals surface area contributed by atoms with Gasteiger partial charge >= 0.3 is 6.03 Å². The SMILES string of the molecule is CCC1CCC2(C1)CC1(NC(=O)NC1=O)c1cc(Br)ccc1O2.CCC1CCC2(C1)CC1(NC(=S)NC1=O)c1cc(Br)ccc1O2. The summed E-state index contributed by atoms with van der Waals surface area (Å²) in [6.45, 7) is 4.42. The minimum atomic E-state index is -1.02. The van der Waals surface area contributed by atoms with Gasteiger partial charge in [0, 0.05) is 32.9 Å². The van der Waals surface area contributed by atoms with Crippen molar-refractivity contribution in [1.82, 2.24) is 21.3 Å². The number of urea groups is 1. The van der Waals surface area contributed by atoms with Gasteiger partial charge in [-0.2, -0.15) is 0 Å². The molecule has 4 aliphatic heterocycles. The van der Waals surface area contributed by atoms with Crippen LogP contribution in [0.2, 0.25) is 0 Å². The van der Waals surface area contributed by atoms with Crippen LogP contribution in [0.3, 0.4) is 0 Å². The van der Waals surface area contributed by atoms with Crippen LogP contribution in [0.4, 0.5) is 4.79 Å². The predicted molar refractivity (Wildman–Crippen MR) is 183 cm³/mol. The Morgan fingerprint density at radius 1 is 0.761 bits per heavy atom. The Kier molecular flexibility index (Phi) is 7.95. The Morgan fingerprint density at radius 3 is 1.63 bits per heavy atom. The lowest BCUT2D eigenvalue weighted by Crippen LogP contribution is -2.55. The summed E-state index contributed by atoms with van der Waals surface area (Å²) in [4.78, 5) is 37.3. The standard InChI is InChI=1S/C17H19BrN2O3.C17H19BrN2O2S/c1-2-10-5-6-16(8-10)9-17(14(21)19-15(22)20-17)12-7-11(18)3-4-13(12)23-16;1-2-10-5-6-16(8-10)9-17(14(21)19-15(23)20-17)12-7-11(18)3-4-13(12)22-16/h3-4,7,10H,2,5-6,8-9H2,1H3,(H2,19,20,21,22);3-4,7,10H,2,5-6,8-9H2,1H3,(H2,19,20,21,23). The first-order chi connectivity index (χ1) is 21.9. The van der Waals surface area contributed by atoms with Gasteiger partial charge in [0.1, 0.15) is 22.7 Å². The Balaban J connectivity index is 0.000000147. The maximum atomic E-state index is 12.8. The molecule has 6 unspecified atom stereocenters. The number of carbonyl (C=O) groups excluding carboxylic acids is 3. The molecule has 2 aromatic carbocycles. The summed E-state index contributed by atoms with van der Waals surface area (Å²) in [5.74, 6) is 2.44. The van der Waals surface area contributed by atoms with Gasteiger partial charge < -0.3 is 25.4 Å². The van der Waals surface area contributed by atoms with Crippen molar-refractivity contribution in [1.29, 1.82) is 0 Å². The van der Waals surface area contributed by atoms with Gasteiger partial charge in [-0.15, -0.1) is 0 Å². The van der Waals surface area contributed by atoms with Crippen molar-refractivity contribution >= 4 is 67.0 Å². The van der Waals surface area contributed by atoms with Crippen LogP contribution in [-0.4, -0.2) is 34.2 Å². The zero-order valence-corrected chi connectivity index (χ0v) is 29.9. The monoisotopic (exact) mass is 772 g/mol. The van der Waals surface area contributed by atoms with Crippen molar-refractivity contribution in [2.45, 2.75) is 100 Å². The lowest BCUT2D eigenvalue weighted by atomic mass is 9.75. The van der Waals surface area contributed by atoms with Crippen LogP contribution in [0.5, 0.6) is 11.5 Å². The Bertz CT molecular complexity index is 1540. The summed E-state index contributed by atoms with van der Waals surface area (Å²) < 4.78 is 14.6. The smallest absolute Gasteiger partial charge is 0.322 e. The molecule has 8 rings (SSSR count). The maximum absolute atomic E-state index is 12.8. The van der Waals surface area contributed by atoms with E-state index in [1.54, 1.807) is 0 Å². The number of carbonyl (C=O) groups is 3. The first kappa shape index (κ1) is 31.9. The van der Waals surface area contributed by atoms with Crippen LogP contribution in [0.25, 0.3) is 0 Å². The molecule has 12 heteroatoms. The summed E-state index contributed by atoms with van der Waals surface area (Å²) in [6, 6.07) is 11.1. The number of imide groups is 1. The normalized spacial score (nSPS) is 35.1. The molecule has 2 aliphatic carbocycles. The summed E-state index contributed by atoms with van der Waals surface area (Å²) in [5, 5.41) is 11.7. The minimum absolute atomic E-state index is 0.0653. The van der Waals surface area contributed by atoms with Crippen LogP contribution in [0.1, 0.15) is 89.2 Å². The summed E-state index contributed by atoms with van der Waals surface area (Å²) >= 11 is 12.2. The largest absolute Gasteiger partial charge is 0.487 e. The zero-order chi connectivity index (χ0) is 32.5. The molecule has 4 heterocycles. The number of amides is 4. The molecule has 46 heavy (non-hydrogen) atoms. The van der Waals surface area contributed by atoms with Crippen molar-refractivity contribution in [2.24, 2.45) is 11.8 Å². The molecular weight excluding hydrogens is 736 g/mol.